The van der Waals surface area contributed by atoms with E-state index in [9.17, 15) is 8.42 Å². The van der Waals surface area contributed by atoms with E-state index in [2.05, 4.69) is 14.7 Å². The van der Waals surface area contributed by atoms with Crippen molar-refractivity contribution in [2.45, 2.75) is 4.90 Å². The molecule has 8 nitrogen and oxygen atoms in total. The van der Waals surface area contributed by atoms with Crippen molar-refractivity contribution < 1.29 is 13.2 Å². The summed E-state index contributed by atoms with van der Waals surface area (Å²) in [7, 11) is -2.98. The number of halogens is 2. The summed E-state index contributed by atoms with van der Waals surface area (Å²) < 4.78 is 32.0. The van der Waals surface area contributed by atoms with Gasteiger partial charge in [0, 0.05) is 0 Å². The van der Waals surface area contributed by atoms with E-state index < -0.39 is 10.0 Å². The molecule has 0 unspecified atom stereocenters. The molecule has 0 amide bonds. The average molecular weight is 384 g/mol. The minimum atomic E-state index is -4.18. The molecular formula is C13H7Cl2N5O3S. The number of nitrogens with one attached hydrogen (secondary N) is 1. The first-order valence-electron chi connectivity index (χ1n) is 6.07. The van der Waals surface area contributed by atoms with Crippen molar-refractivity contribution in [3.8, 4) is 18.0 Å². The lowest BCUT2D eigenvalue weighted by molar-refractivity contribution is 0.397. The van der Waals surface area contributed by atoms with Crippen molar-refractivity contribution in [1.29, 1.82) is 10.5 Å². The normalized spacial score (nSPS) is 10.5. The average Bonchev–Trinajstić information content (AvgIpc) is 2.56. The number of aromatic nitrogens is 2. The van der Waals surface area contributed by atoms with Gasteiger partial charge in [-0.05, 0) is 12.1 Å². The quantitative estimate of drug-likeness (QED) is 0.856. The van der Waals surface area contributed by atoms with Gasteiger partial charge in [-0.25, -0.2) is 13.4 Å². The monoisotopic (exact) mass is 383 g/mol. The van der Waals surface area contributed by atoms with Gasteiger partial charge in [0.1, 0.15) is 17.0 Å². The molecular weight excluding hydrogens is 377 g/mol. The molecule has 24 heavy (non-hydrogen) atoms. The first kappa shape index (κ1) is 17.8. The van der Waals surface area contributed by atoms with E-state index in [1.165, 1.54) is 25.3 Å². The molecule has 2 rings (SSSR count). The van der Waals surface area contributed by atoms with Crippen molar-refractivity contribution >= 4 is 39.0 Å². The number of methoxy groups -OCH3 is 1. The summed E-state index contributed by atoms with van der Waals surface area (Å²) in [6.45, 7) is 0. The van der Waals surface area contributed by atoms with Gasteiger partial charge in [-0.1, -0.05) is 29.3 Å². The standard InChI is InChI=1S/C13H7Cl2N5O3S/c1-23-13-12(18-8(5-16)9(6-17)19-13)20-24(21,22)10-4-2-3-7(14)11(10)15/h2-4H,1H3,(H,18,20). The van der Waals surface area contributed by atoms with Crippen LogP contribution in [0.3, 0.4) is 0 Å². The number of nitrogens with zero attached hydrogens (tertiary/aromatic N) is 4. The highest BCUT2D eigenvalue weighted by atomic mass is 35.5. The molecule has 0 aliphatic rings. The Morgan fingerprint density at radius 3 is 2.38 bits per heavy atom. The maximum Gasteiger partial charge on any atom is 0.264 e. The fourth-order valence-corrected chi connectivity index (χ4v) is 3.42. The summed E-state index contributed by atoms with van der Waals surface area (Å²) >= 11 is 11.7. The predicted molar refractivity (Wildman–Crippen MR) is 85.3 cm³/mol. The van der Waals surface area contributed by atoms with Crippen molar-refractivity contribution in [2.75, 3.05) is 11.8 Å². The van der Waals surface area contributed by atoms with E-state index in [0.29, 0.717) is 0 Å². The molecule has 0 saturated carbocycles. The molecule has 0 radical (unpaired) electrons. The molecule has 1 heterocycles. The molecule has 1 aromatic heterocycles. The van der Waals surface area contributed by atoms with E-state index in [0.717, 1.165) is 0 Å². The van der Waals surface area contributed by atoms with Gasteiger partial charge >= 0.3 is 0 Å². The molecule has 0 aliphatic heterocycles. The second-order valence-electron chi connectivity index (χ2n) is 4.16. The molecule has 0 atom stereocenters. The van der Waals surface area contributed by atoms with Crippen LogP contribution in [0.5, 0.6) is 5.88 Å². The SMILES string of the molecule is COc1nc(C#N)c(C#N)nc1NS(=O)(=O)c1cccc(Cl)c1Cl. The maximum atomic E-state index is 12.5. The molecule has 122 valence electrons. The van der Waals surface area contributed by atoms with Crippen LogP contribution in [0.25, 0.3) is 0 Å². The number of hydrogen-bond donors (Lipinski definition) is 1. The third-order valence-electron chi connectivity index (χ3n) is 2.71. The van der Waals surface area contributed by atoms with Crippen molar-refractivity contribution in [3.05, 3.63) is 39.6 Å². The lowest BCUT2D eigenvalue weighted by Crippen LogP contribution is -2.16. The highest BCUT2D eigenvalue weighted by Crippen LogP contribution is 2.31. The van der Waals surface area contributed by atoms with E-state index in [1.54, 1.807) is 12.1 Å². The van der Waals surface area contributed by atoms with E-state index in [-0.39, 0.29) is 38.0 Å². The number of anilines is 1. The Morgan fingerprint density at radius 2 is 1.79 bits per heavy atom. The van der Waals surface area contributed by atoms with Crippen LogP contribution in [0.2, 0.25) is 10.0 Å². The Labute approximate surface area is 147 Å². The van der Waals surface area contributed by atoms with Gasteiger partial charge in [-0.3, -0.25) is 4.72 Å². The fourth-order valence-electron chi connectivity index (χ4n) is 1.66. The van der Waals surface area contributed by atoms with Crippen molar-refractivity contribution in [1.82, 2.24) is 9.97 Å². The summed E-state index contributed by atoms with van der Waals surface area (Å²) in [6, 6.07) is 7.40. The first-order chi connectivity index (χ1) is 11.3. The Hall–Kier alpha value is -2.59. The molecule has 0 saturated heterocycles. The minimum absolute atomic E-state index is 0.0510. The molecule has 0 spiro atoms. The Morgan fingerprint density at radius 1 is 1.17 bits per heavy atom. The summed E-state index contributed by atoms with van der Waals surface area (Å²) in [5, 5.41) is 17.8. The molecule has 11 heteroatoms. The second kappa shape index (κ2) is 6.89. The number of hydrogen-bond acceptors (Lipinski definition) is 7. The molecule has 0 fully saturated rings. The van der Waals surface area contributed by atoms with Gasteiger partial charge in [-0.2, -0.15) is 15.5 Å². The Kier molecular flexibility index (Phi) is 5.10. The lowest BCUT2D eigenvalue weighted by atomic mass is 10.3. The van der Waals surface area contributed by atoms with Gasteiger partial charge in [0.25, 0.3) is 15.9 Å². The molecule has 1 aromatic carbocycles. The summed E-state index contributed by atoms with van der Waals surface area (Å²) in [5.74, 6) is -0.628. The van der Waals surface area contributed by atoms with Crippen LogP contribution in [0.1, 0.15) is 11.4 Å². The van der Waals surface area contributed by atoms with Crippen LogP contribution < -0.4 is 9.46 Å². The number of nitriles is 2. The largest absolute Gasteiger partial charge is 0.478 e. The number of ether oxygens (including phenoxy) is 1. The Balaban J connectivity index is 2.56. The van der Waals surface area contributed by atoms with Crippen molar-refractivity contribution in [2.24, 2.45) is 0 Å². The lowest BCUT2D eigenvalue weighted by Gasteiger charge is -2.12. The maximum absolute atomic E-state index is 12.5. The Bertz CT molecular complexity index is 996. The predicted octanol–water partition coefficient (Wildman–Crippen LogP) is 2.34. The van der Waals surface area contributed by atoms with Gasteiger partial charge in [0.2, 0.25) is 5.82 Å². The highest BCUT2D eigenvalue weighted by molar-refractivity contribution is 7.92. The van der Waals surface area contributed by atoms with Crippen LogP contribution in [-0.2, 0) is 10.0 Å². The van der Waals surface area contributed by atoms with Crippen LogP contribution in [0, 0.1) is 22.7 Å². The van der Waals surface area contributed by atoms with Gasteiger partial charge in [0.05, 0.1) is 17.2 Å². The van der Waals surface area contributed by atoms with E-state index in [4.69, 9.17) is 38.5 Å². The van der Waals surface area contributed by atoms with E-state index >= 15 is 0 Å². The zero-order valence-corrected chi connectivity index (χ0v) is 14.2. The number of benzene rings is 1. The first-order valence-corrected chi connectivity index (χ1v) is 8.31. The summed E-state index contributed by atoms with van der Waals surface area (Å²) in [5.41, 5.74) is -0.647. The zero-order chi connectivity index (χ0) is 17.9. The summed E-state index contributed by atoms with van der Waals surface area (Å²) in [4.78, 5) is 7.21. The molecule has 2 aromatic rings. The van der Waals surface area contributed by atoms with Crippen LogP contribution in [0.15, 0.2) is 23.1 Å². The highest BCUT2D eigenvalue weighted by Gasteiger charge is 2.24. The topological polar surface area (TPSA) is 129 Å². The van der Waals surface area contributed by atoms with E-state index in [1.807, 2.05) is 0 Å². The van der Waals surface area contributed by atoms with Gasteiger partial charge in [-0.15, -0.1) is 0 Å². The van der Waals surface area contributed by atoms with Gasteiger partial charge < -0.3 is 4.74 Å². The van der Waals surface area contributed by atoms with Crippen LogP contribution in [-0.4, -0.2) is 25.5 Å². The zero-order valence-electron chi connectivity index (χ0n) is 11.9. The molecule has 1 N–H and O–H groups in total. The summed E-state index contributed by atoms with van der Waals surface area (Å²) in [6.07, 6.45) is 0. The van der Waals surface area contributed by atoms with Crippen LogP contribution in [0.4, 0.5) is 5.82 Å². The van der Waals surface area contributed by atoms with Gasteiger partial charge in [0.15, 0.2) is 11.4 Å². The molecule has 0 aliphatic carbocycles. The van der Waals surface area contributed by atoms with Crippen LogP contribution >= 0.6 is 23.2 Å². The van der Waals surface area contributed by atoms with Crippen molar-refractivity contribution in [3.63, 3.8) is 0 Å². The number of sulfonamides is 1. The number of rotatable bonds is 4. The third-order valence-corrected chi connectivity index (χ3v) is 5.02. The minimum Gasteiger partial charge on any atom is -0.478 e. The third kappa shape index (κ3) is 3.34. The second-order valence-corrected chi connectivity index (χ2v) is 6.60. The molecule has 0 bridgehead atoms. The smallest absolute Gasteiger partial charge is 0.264 e. The fraction of sp³-hybridized carbons (Fsp3) is 0.0769.